The van der Waals surface area contributed by atoms with Gasteiger partial charge >= 0.3 is 0 Å². The molecular formula is C20H18FN3O3. The first-order chi connectivity index (χ1) is 13.0. The Bertz CT molecular complexity index is 1060. The number of fused-ring (bicyclic) bond motifs is 1. The van der Waals surface area contributed by atoms with Crippen LogP contribution in [0.15, 0.2) is 59.5 Å². The third-order valence-corrected chi connectivity index (χ3v) is 4.17. The molecule has 0 spiro atoms. The van der Waals surface area contributed by atoms with Gasteiger partial charge in [0.25, 0.3) is 5.91 Å². The van der Waals surface area contributed by atoms with Crippen LogP contribution in [0, 0.1) is 5.82 Å². The van der Waals surface area contributed by atoms with E-state index in [1.165, 1.54) is 18.3 Å². The van der Waals surface area contributed by atoms with Crippen molar-refractivity contribution in [2.45, 2.75) is 13.0 Å². The lowest BCUT2D eigenvalue weighted by atomic mass is 10.1. The molecule has 7 heteroatoms. The minimum Gasteiger partial charge on any atom is -0.360 e. The molecule has 3 rings (SSSR count). The SMILES string of the molecule is C[C@H](NC(=O)CNC(=O)c1c[nH]c2ccccc2c1=O)c1cccc(F)c1. The largest absolute Gasteiger partial charge is 0.360 e. The van der Waals surface area contributed by atoms with Crippen molar-refractivity contribution in [3.8, 4) is 0 Å². The molecule has 1 heterocycles. The molecule has 3 N–H and O–H groups in total. The summed E-state index contributed by atoms with van der Waals surface area (Å²) in [5.41, 5.74) is 0.761. The van der Waals surface area contributed by atoms with Crippen molar-refractivity contribution in [3.05, 3.63) is 81.9 Å². The molecule has 2 amide bonds. The fraction of sp³-hybridized carbons (Fsp3) is 0.150. The number of para-hydroxylation sites is 1. The molecule has 0 fully saturated rings. The quantitative estimate of drug-likeness (QED) is 0.646. The first-order valence-corrected chi connectivity index (χ1v) is 8.39. The van der Waals surface area contributed by atoms with Gasteiger partial charge in [0.05, 0.1) is 12.6 Å². The molecule has 0 aliphatic heterocycles. The number of pyridine rings is 1. The van der Waals surface area contributed by atoms with E-state index in [0.717, 1.165) is 0 Å². The number of hydrogen-bond acceptors (Lipinski definition) is 3. The van der Waals surface area contributed by atoms with Gasteiger partial charge < -0.3 is 15.6 Å². The summed E-state index contributed by atoms with van der Waals surface area (Å²) in [7, 11) is 0. The Morgan fingerprint density at radius 2 is 1.93 bits per heavy atom. The average molecular weight is 367 g/mol. The summed E-state index contributed by atoms with van der Waals surface area (Å²) >= 11 is 0. The summed E-state index contributed by atoms with van der Waals surface area (Å²) in [6, 6.07) is 12.3. The van der Waals surface area contributed by atoms with Gasteiger partial charge in [0.15, 0.2) is 0 Å². The van der Waals surface area contributed by atoms with E-state index in [1.54, 1.807) is 43.3 Å². The van der Waals surface area contributed by atoms with Crippen LogP contribution in [0.4, 0.5) is 4.39 Å². The smallest absolute Gasteiger partial charge is 0.257 e. The molecule has 27 heavy (non-hydrogen) atoms. The van der Waals surface area contributed by atoms with Crippen LogP contribution >= 0.6 is 0 Å². The van der Waals surface area contributed by atoms with E-state index < -0.39 is 29.1 Å². The number of benzene rings is 2. The molecule has 138 valence electrons. The summed E-state index contributed by atoms with van der Waals surface area (Å²) < 4.78 is 13.3. The van der Waals surface area contributed by atoms with Crippen molar-refractivity contribution in [1.82, 2.24) is 15.6 Å². The number of aromatic amines is 1. The van der Waals surface area contributed by atoms with Gasteiger partial charge in [-0.3, -0.25) is 14.4 Å². The molecule has 0 unspecified atom stereocenters. The highest BCUT2D eigenvalue weighted by Gasteiger charge is 2.15. The summed E-state index contributed by atoms with van der Waals surface area (Å²) in [6.07, 6.45) is 1.33. The Kier molecular flexibility index (Phi) is 5.30. The predicted molar refractivity (Wildman–Crippen MR) is 99.9 cm³/mol. The number of nitrogens with one attached hydrogen (secondary N) is 3. The lowest BCUT2D eigenvalue weighted by Crippen LogP contribution is -2.39. The van der Waals surface area contributed by atoms with Gasteiger partial charge in [-0.1, -0.05) is 24.3 Å². The zero-order valence-corrected chi connectivity index (χ0v) is 14.6. The minimum atomic E-state index is -0.643. The number of rotatable bonds is 5. The van der Waals surface area contributed by atoms with Crippen LogP contribution < -0.4 is 16.1 Å². The average Bonchev–Trinajstić information content (AvgIpc) is 2.66. The second-order valence-corrected chi connectivity index (χ2v) is 6.10. The first kappa shape index (κ1) is 18.3. The fourth-order valence-electron chi connectivity index (χ4n) is 2.74. The molecule has 6 nitrogen and oxygen atoms in total. The molecule has 1 atom stereocenters. The third-order valence-electron chi connectivity index (χ3n) is 4.17. The highest BCUT2D eigenvalue weighted by atomic mass is 19.1. The van der Waals surface area contributed by atoms with Gasteiger partial charge in [0.2, 0.25) is 11.3 Å². The van der Waals surface area contributed by atoms with Crippen molar-refractivity contribution in [2.24, 2.45) is 0 Å². The Balaban J connectivity index is 1.63. The summed E-state index contributed by atoms with van der Waals surface area (Å²) in [5, 5.41) is 5.49. The topological polar surface area (TPSA) is 91.1 Å². The van der Waals surface area contributed by atoms with Gasteiger partial charge in [-0.2, -0.15) is 0 Å². The second kappa shape index (κ2) is 7.82. The Labute approximate surface area is 154 Å². The van der Waals surface area contributed by atoms with Crippen molar-refractivity contribution in [1.29, 1.82) is 0 Å². The lowest BCUT2D eigenvalue weighted by Gasteiger charge is -2.14. The van der Waals surface area contributed by atoms with Crippen molar-refractivity contribution >= 4 is 22.7 Å². The van der Waals surface area contributed by atoms with E-state index in [1.807, 2.05) is 0 Å². The molecule has 0 saturated heterocycles. The third kappa shape index (κ3) is 4.20. The van der Waals surface area contributed by atoms with Crippen LogP contribution in [0.2, 0.25) is 0 Å². The van der Waals surface area contributed by atoms with Crippen LogP contribution in [0.3, 0.4) is 0 Å². The monoisotopic (exact) mass is 367 g/mol. The zero-order valence-electron chi connectivity index (χ0n) is 14.6. The maximum atomic E-state index is 13.3. The normalized spacial score (nSPS) is 11.8. The number of carbonyl (C=O) groups excluding carboxylic acids is 2. The lowest BCUT2D eigenvalue weighted by molar-refractivity contribution is -0.120. The van der Waals surface area contributed by atoms with E-state index in [4.69, 9.17) is 0 Å². The summed E-state index contributed by atoms with van der Waals surface area (Å²) in [5.74, 6) is -1.48. The van der Waals surface area contributed by atoms with Gasteiger partial charge in [-0.25, -0.2) is 4.39 Å². The van der Waals surface area contributed by atoms with Gasteiger partial charge in [-0.15, -0.1) is 0 Å². The van der Waals surface area contributed by atoms with Crippen LogP contribution in [-0.4, -0.2) is 23.3 Å². The maximum absolute atomic E-state index is 13.3. The summed E-state index contributed by atoms with van der Waals surface area (Å²) in [6.45, 7) is 1.41. The number of carbonyl (C=O) groups is 2. The number of hydrogen-bond donors (Lipinski definition) is 3. The Hall–Kier alpha value is -3.48. The molecule has 0 bridgehead atoms. The molecular weight excluding hydrogens is 349 g/mol. The molecule has 1 aromatic heterocycles. The molecule has 2 aromatic carbocycles. The highest BCUT2D eigenvalue weighted by Crippen LogP contribution is 2.13. The standard InChI is InChI=1S/C20H18FN3O3/c1-12(13-5-4-6-14(21)9-13)24-18(25)11-23-20(27)16-10-22-17-8-3-2-7-15(17)19(16)26/h2-10,12H,11H2,1H3,(H,22,26)(H,23,27)(H,24,25)/t12-/m0/s1. The van der Waals surface area contributed by atoms with E-state index >= 15 is 0 Å². The molecule has 0 saturated carbocycles. The van der Waals surface area contributed by atoms with Crippen molar-refractivity contribution < 1.29 is 14.0 Å². The number of halogens is 1. The zero-order chi connectivity index (χ0) is 19.4. The van der Waals surface area contributed by atoms with E-state index in [9.17, 15) is 18.8 Å². The highest BCUT2D eigenvalue weighted by molar-refractivity contribution is 5.98. The van der Waals surface area contributed by atoms with Crippen LogP contribution in [0.5, 0.6) is 0 Å². The number of amides is 2. The van der Waals surface area contributed by atoms with E-state index in [0.29, 0.717) is 16.5 Å². The first-order valence-electron chi connectivity index (χ1n) is 8.39. The fourth-order valence-corrected chi connectivity index (χ4v) is 2.74. The van der Waals surface area contributed by atoms with Crippen LogP contribution in [0.25, 0.3) is 10.9 Å². The Morgan fingerprint density at radius 3 is 2.70 bits per heavy atom. The Morgan fingerprint density at radius 1 is 1.15 bits per heavy atom. The van der Waals surface area contributed by atoms with Crippen LogP contribution in [-0.2, 0) is 4.79 Å². The second-order valence-electron chi connectivity index (χ2n) is 6.10. The van der Waals surface area contributed by atoms with Gasteiger partial charge in [-0.05, 0) is 36.8 Å². The predicted octanol–water partition coefficient (Wildman–Crippen LogP) is 2.27. The number of aromatic nitrogens is 1. The van der Waals surface area contributed by atoms with E-state index in [2.05, 4.69) is 15.6 Å². The molecule has 0 aliphatic carbocycles. The molecule has 3 aromatic rings. The number of H-pyrrole nitrogens is 1. The molecule has 0 aliphatic rings. The van der Waals surface area contributed by atoms with Crippen molar-refractivity contribution in [2.75, 3.05) is 6.54 Å². The van der Waals surface area contributed by atoms with Gasteiger partial charge in [0.1, 0.15) is 11.4 Å². The van der Waals surface area contributed by atoms with Crippen molar-refractivity contribution in [3.63, 3.8) is 0 Å². The van der Waals surface area contributed by atoms with Gasteiger partial charge in [0, 0.05) is 17.1 Å². The minimum absolute atomic E-state index is 0.0697. The van der Waals surface area contributed by atoms with E-state index in [-0.39, 0.29) is 12.1 Å². The summed E-state index contributed by atoms with van der Waals surface area (Å²) in [4.78, 5) is 39.6. The maximum Gasteiger partial charge on any atom is 0.257 e. The molecule has 0 radical (unpaired) electrons. The van der Waals surface area contributed by atoms with Crippen LogP contribution in [0.1, 0.15) is 28.9 Å².